The molecule has 0 aliphatic heterocycles. The Labute approximate surface area is 124 Å². The molecule has 1 aromatic carbocycles. The predicted molar refractivity (Wildman–Crippen MR) is 80.6 cm³/mol. The molecule has 3 rings (SSSR count). The largest absolute Gasteiger partial charge is 0.491 e. The van der Waals surface area contributed by atoms with Crippen LogP contribution in [-0.4, -0.2) is 22.2 Å². The molecule has 0 atom stereocenters. The van der Waals surface area contributed by atoms with Crippen molar-refractivity contribution in [1.82, 2.24) is 9.55 Å². The Kier molecular flexibility index (Phi) is 4.08. The molecule has 0 amide bonds. The first-order valence-corrected chi connectivity index (χ1v) is 7.50. The Bertz CT molecular complexity index is 605. The van der Waals surface area contributed by atoms with Crippen molar-refractivity contribution in [3.05, 3.63) is 36.4 Å². The van der Waals surface area contributed by atoms with Crippen LogP contribution < -0.4 is 10.1 Å². The van der Waals surface area contributed by atoms with Crippen molar-refractivity contribution in [2.45, 2.75) is 38.6 Å². The van der Waals surface area contributed by atoms with Crippen molar-refractivity contribution in [1.29, 1.82) is 0 Å². The molecular weight excluding hydrogens is 269 g/mol. The summed E-state index contributed by atoms with van der Waals surface area (Å²) in [5, 5.41) is 3.45. The number of anilines is 1. The lowest BCUT2D eigenvalue weighted by atomic mass is 10.2. The summed E-state index contributed by atoms with van der Waals surface area (Å²) in [5.74, 6) is 0.701. The second-order valence-corrected chi connectivity index (χ2v) is 5.29. The van der Waals surface area contributed by atoms with E-state index in [1.165, 1.54) is 31.7 Å². The van der Waals surface area contributed by atoms with Crippen molar-refractivity contribution >= 4 is 5.95 Å². The molecule has 1 fully saturated rings. The fraction of sp³-hybridized carbons (Fsp3) is 0.438. The summed E-state index contributed by atoms with van der Waals surface area (Å²) < 4.78 is 21.1. The van der Waals surface area contributed by atoms with Crippen LogP contribution in [0.2, 0.25) is 0 Å². The van der Waals surface area contributed by atoms with Gasteiger partial charge in [0.1, 0.15) is 0 Å². The minimum Gasteiger partial charge on any atom is -0.491 e. The molecular formula is C16H20FN3O. The molecule has 21 heavy (non-hydrogen) atoms. The number of hydrogen-bond acceptors (Lipinski definition) is 3. The zero-order chi connectivity index (χ0) is 14.7. The Morgan fingerprint density at radius 3 is 2.90 bits per heavy atom. The normalized spacial score (nSPS) is 15.3. The van der Waals surface area contributed by atoms with Crippen molar-refractivity contribution in [2.75, 3.05) is 11.9 Å². The lowest BCUT2D eigenvalue weighted by Gasteiger charge is -2.15. The monoisotopic (exact) mass is 289 g/mol. The molecule has 1 saturated carbocycles. The Hall–Kier alpha value is -2.04. The van der Waals surface area contributed by atoms with Crippen LogP contribution in [0.25, 0.3) is 5.69 Å². The summed E-state index contributed by atoms with van der Waals surface area (Å²) in [6.07, 6.45) is 8.43. The van der Waals surface area contributed by atoms with Gasteiger partial charge in [-0.25, -0.2) is 9.37 Å². The summed E-state index contributed by atoms with van der Waals surface area (Å²) in [7, 11) is 0. The first-order chi connectivity index (χ1) is 10.3. The van der Waals surface area contributed by atoms with Crippen molar-refractivity contribution in [2.24, 2.45) is 0 Å². The van der Waals surface area contributed by atoms with Gasteiger partial charge >= 0.3 is 0 Å². The third-order valence-electron chi connectivity index (χ3n) is 3.82. The minimum atomic E-state index is -0.352. The minimum absolute atomic E-state index is 0.284. The summed E-state index contributed by atoms with van der Waals surface area (Å²) in [5.41, 5.74) is 0.744. The van der Waals surface area contributed by atoms with Crippen LogP contribution in [0, 0.1) is 5.82 Å². The van der Waals surface area contributed by atoms with E-state index in [4.69, 9.17) is 4.74 Å². The number of benzene rings is 1. The lowest BCUT2D eigenvalue weighted by molar-refractivity contribution is 0.321. The molecule has 1 heterocycles. The van der Waals surface area contributed by atoms with E-state index < -0.39 is 0 Å². The zero-order valence-electron chi connectivity index (χ0n) is 12.2. The van der Waals surface area contributed by atoms with Crippen molar-refractivity contribution in [3.63, 3.8) is 0 Å². The Balaban J connectivity index is 1.83. The number of nitrogens with one attached hydrogen (secondary N) is 1. The summed E-state index contributed by atoms with van der Waals surface area (Å²) in [6, 6.07) is 5.45. The standard InChI is InChI=1S/C16H20FN3O/c1-2-21-15-8-7-13(11-14(15)17)20-10-9-18-16(20)19-12-5-3-4-6-12/h7-12H,2-6H2,1H3,(H,18,19). The van der Waals surface area contributed by atoms with E-state index in [0.717, 1.165) is 11.6 Å². The highest BCUT2D eigenvalue weighted by Crippen LogP contribution is 2.25. The summed E-state index contributed by atoms with van der Waals surface area (Å²) in [4.78, 5) is 4.34. The molecule has 0 radical (unpaired) electrons. The zero-order valence-corrected chi connectivity index (χ0v) is 12.2. The Morgan fingerprint density at radius 2 is 2.19 bits per heavy atom. The number of nitrogens with zero attached hydrogens (tertiary/aromatic N) is 2. The number of ether oxygens (including phenoxy) is 1. The number of imidazole rings is 1. The first-order valence-electron chi connectivity index (χ1n) is 7.50. The maximum absolute atomic E-state index is 14.0. The van der Waals surface area contributed by atoms with Crippen LogP contribution in [0.15, 0.2) is 30.6 Å². The van der Waals surface area contributed by atoms with E-state index in [1.54, 1.807) is 12.3 Å². The fourth-order valence-corrected chi connectivity index (χ4v) is 2.78. The van der Waals surface area contributed by atoms with Gasteiger partial charge in [-0.1, -0.05) is 12.8 Å². The molecule has 1 aromatic heterocycles. The second-order valence-electron chi connectivity index (χ2n) is 5.29. The van der Waals surface area contributed by atoms with Gasteiger partial charge in [-0.15, -0.1) is 0 Å². The average Bonchev–Trinajstić information content (AvgIpc) is 3.13. The molecule has 1 aliphatic rings. The number of rotatable bonds is 5. The van der Waals surface area contributed by atoms with Gasteiger partial charge in [0.05, 0.1) is 12.3 Å². The highest BCUT2D eigenvalue weighted by Gasteiger charge is 2.17. The Morgan fingerprint density at radius 1 is 1.38 bits per heavy atom. The predicted octanol–water partition coefficient (Wildman–Crippen LogP) is 3.76. The molecule has 1 N–H and O–H groups in total. The van der Waals surface area contributed by atoms with Gasteiger partial charge in [0.15, 0.2) is 11.6 Å². The number of halogens is 1. The number of hydrogen-bond donors (Lipinski definition) is 1. The van der Waals surface area contributed by atoms with Crippen molar-refractivity contribution < 1.29 is 9.13 Å². The van der Waals surface area contributed by atoms with Crippen LogP contribution in [0.5, 0.6) is 5.75 Å². The fourth-order valence-electron chi connectivity index (χ4n) is 2.78. The van der Waals surface area contributed by atoms with Gasteiger partial charge in [-0.2, -0.15) is 0 Å². The van der Waals surface area contributed by atoms with Crippen LogP contribution in [-0.2, 0) is 0 Å². The van der Waals surface area contributed by atoms with E-state index in [0.29, 0.717) is 12.6 Å². The molecule has 112 valence electrons. The van der Waals surface area contributed by atoms with E-state index in [9.17, 15) is 4.39 Å². The maximum atomic E-state index is 14.0. The van der Waals surface area contributed by atoms with Crippen LogP contribution in [0.4, 0.5) is 10.3 Å². The van der Waals surface area contributed by atoms with E-state index in [-0.39, 0.29) is 11.6 Å². The van der Waals surface area contributed by atoms with E-state index >= 15 is 0 Å². The molecule has 2 aromatic rings. The van der Waals surface area contributed by atoms with Crippen molar-refractivity contribution in [3.8, 4) is 11.4 Å². The molecule has 4 nitrogen and oxygen atoms in total. The van der Waals surface area contributed by atoms with Gasteiger partial charge < -0.3 is 10.1 Å². The SMILES string of the molecule is CCOc1ccc(-n2ccnc2NC2CCCC2)cc1F. The van der Waals surface area contributed by atoms with E-state index in [1.807, 2.05) is 23.8 Å². The average molecular weight is 289 g/mol. The topological polar surface area (TPSA) is 39.1 Å². The third-order valence-corrected chi connectivity index (χ3v) is 3.82. The molecule has 0 bridgehead atoms. The molecule has 1 aliphatic carbocycles. The highest BCUT2D eigenvalue weighted by atomic mass is 19.1. The molecule has 0 spiro atoms. The van der Waals surface area contributed by atoms with Gasteiger partial charge in [-0.05, 0) is 31.9 Å². The third kappa shape index (κ3) is 3.01. The quantitative estimate of drug-likeness (QED) is 0.910. The maximum Gasteiger partial charge on any atom is 0.207 e. The summed E-state index contributed by atoms with van der Waals surface area (Å²) in [6.45, 7) is 2.29. The molecule has 5 heteroatoms. The molecule has 0 saturated heterocycles. The van der Waals surface area contributed by atoms with Crippen LogP contribution in [0.1, 0.15) is 32.6 Å². The van der Waals surface area contributed by atoms with Gasteiger partial charge in [0, 0.05) is 24.5 Å². The lowest BCUT2D eigenvalue weighted by Crippen LogP contribution is -2.17. The summed E-state index contributed by atoms with van der Waals surface area (Å²) >= 11 is 0. The second kappa shape index (κ2) is 6.16. The number of aromatic nitrogens is 2. The highest BCUT2D eigenvalue weighted by molar-refractivity contribution is 5.45. The van der Waals surface area contributed by atoms with Crippen LogP contribution >= 0.6 is 0 Å². The smallest absolute Gasteiger partial charge is 0.207 e. The van der Waals surface area contributed by atoms with Crippen LogP contribution in [0.3, 0.4) is 0 Å². The van der Waals surface area contributed by atoms with Gasteiger partial charge in [0.25, 0.3) is 0 Å². The first kappa shape index (κ1) is 13.9. The molecule has 0 unspecified atom stereocenters. The van der Waals surface area contributed by atoms with Gasteiger partial charge in [0.2, 0.25) is 5.95 Å². The van der Waals surface area contributed by atoms with E-state index in [2.05, 4.69) is 10.3 Å². The van der Waals surface area contributed by atoms with Gasteiger partial charge in [-0.3, -0.25) is 4.57 Å².